The largest absolute Gasteiger partial charge is 0.494 e. The number of benzene rings is 3. The van der Waals surface area contributed by atoms with E-state index >= 15 is 0 Å². The molecule has 0 fully saturated rings. The van der Waals surface area contributed by atoms with E-state index in [2.05, 4.69) is 5.32 Å². The van der Waals surface area contributed by atoms with E-state index in [4.69, 9.17) is 4.74 Å². The molecule has 3 aromatic rings. The number of halogens is 1. The van der Waals surface area contributed by atoms with Gasteiger partial charge in [-0.25, -0.2) is 12.8 Å². The molecule has 0 bridgehead atoms. The van der Waals surface area contributed by atoms with Gasteiger partial charge in [0.05, 0.1) is 17.2 Å². The summed E-state index contributed by atoms with van der Waals surface area (Å²) in [6.45, 7) is 5.61. The molecule has 0 aliphatic carbocycles. The van der Waals surface area contributed by atoms with Gasteiger partial charge in [0.2, 0.25) is 5.91 Å². The smallest absolute Gasteiger partial charge is 0.264 e. The molecule has 0 heterocycles. The third-order valence-corrected chi connectivity index (χ3v) is 6.58. The van der Waals surface area contributed by atoms with Crippen LogP contribution < -0.4 is 14.4 Å². The molecule has 32 heavy (non-hydrogen) atoms. The van der Waals surface area contributed by atoms with Gasteiger partial charge in [-0.15, -0.1) is 0 Å². The molecule has 8 heteroatoms. The average molecular weight is 457 g/mol. The van der Waals surface area contributed by atoms with E-state index in [0.717, 1.165) is 27.6 Å². The van der Waals surface area contributed by atoms with Gasteiger partial charge in [-0.1, -0.05) is 12.1 Å². The van der Waals surface area contributed by atoms with Crippen LogP contribution >= 0.6 is 0 Å². The Labute approximate surface area is 187 Å². The van der Waals surface area contributed by atoms with E-state index in [0.29, 0.717) is 18.0 Å². The number of nitrogens with one attached hydrogen (secondary N) is 1. The number of hydrogen-bond donors (Lipinski definition) is 1. The van der Waals surface area contributed by atoms with Gasteiger partial charge in [0, 0.05) is 5.69 Å². The molecular weight excluding hydrogens is 431 g/mol. The number of amides is 1. The zero-order valence-electron chi connectivity index (χ0n) is 18.1. The summed E-state index contributed by atoms with van der Waals surface area (Å²) in [5.41, 5.74) is 2.72. The molecule has 6 nitrogen and oxygen atoms in total. The van der Waals surface area contributed by atoms with E-state index in [-0.39, 0.29) is 10.6 Å². The lowest BCUT2D eigenvalue weighted by molar-refractivity contribution is -0.114. The van der Waals surface area contributed by atoms with E-state index in [9.17, 15) is 17.6 Å². The normalized spacial score (nSPS) is 11.1. The Morgan fingerprint density at radius 2 is 1.66 bits per heavy atom. The summed E-state index contributed by atoms with van der Waals surface area (Å²) >= 11 is 0. The first kappa shape index (κ1) is 23.3. The van der Waals surface area contributed by atoms with Crippen molar-refractivity contribution in [3.63, 3.8) is 0 Å². The van der Waals surface area contributed by atoms with Gasteiger partial charge in [0.25, 0.3) is 10.0 Å². The predicted molar refractivity (Wildman–Crippen MR) is 123 cm³/mol. The highest BCUT2D eigenvalue weighted by Crippen LogP contribution is 2.26. The van der Waals surface area contributed by atoms with Crippen molar-refractivity contribution in [2.24, 2.45) is 0 Å². The molecule has 3 aromatic carbocycles. The van der Waals surface area contributed by atoms with Gasteiger partial charge in [0.1, 0.15) is 18.1 Å². The van der Waals surface area contributed by atoms with Gasteiger partial charge in [0.15, 0.2) is 0 Å². The third-order valence-electron chi connectivity index (χ3n) is 4.79. The van der Waals surface area contributed by atoms with Crippen molar-refractivity contribution in [3.05, 3.63) is 83.7 Å². The lowest BCUT2D eigenvalue weighted by atomic mass is 10.1. The molecule has 0 unspecified atom stereocenters. The van der Waals surface area contributed by atoms with E-state index in [1.165, 1.54) is 12.1 Å². The van der Waals surface area contributed by atoms with Crippen LogP contribution in [0.3, 0.4) is 0 Å². The van der Waals surface area contributed by atoms with Crippen LogP contribution in [0.1, 0.15) is 18.1 Å². The fourth-order valence-corrected chi connectivity index (χ4v) is 4.54. The minimum Gasteiger partial charge on any atom is -0.494 e. The summed E-state index contributed by atoms with van der Waals surface area (Å²) < 4.78 is 46.5. The van der Waals surface area contributed by atoms with Crippen LogP contribution in [0.2, 0.25) is 0 Å². The molecule has 1 amide bonds. The fraction of sp³-hybridized carbons (Fsp3) is 0.208. The Kier molecular flexibility index (Phi) is 7.15. The highest BCUT2D eigenvalue weighted by atomic mass is 32.2. The molecule has 3 rings (SSSR count). The molecule has 0 saturated carbocycles. The predicted octanol–water partition coefficient (Wildman–Crippen LogP) is 4.68. The van der Waals surface area contributed by atoms with Crippen LogP contribution in [-0.2, 0) is 14.8 Å². The molecule has 1 N–H and O–H groups in total. The standard InChI is InChI=1S/C24H25FN2O4S/c1-4-31-21-11-9-20(10-12-21)27(32(29,30)22-13-7-19(25)8-14-22)16-24(28)26-23-15-17(2)5-6-18(23)3/h5-15H,4,16H2,1-3H3,(H,26,28). The Morgan fingerprint density at radius 3 is 2.28 bits per heavy atom. The van der Waals surface area contributed by atoms with E-state index < -0.39 is 28.3 Å². The third kappa shape index (κ3) is 5.45. The Hall–Kier alpha value is -3.39. The first-order chi connectivity index (χ1) is 15.2. The molecule has 0 aliphatic rings. The monoisotopic (exact) mass is 456 g/mol. The SMILES string of the molecule is CCOc1ccc(N(CC(=O)Nc2cc(C)ccc2C)S(=O)(=O)c2ccc(F)cc2)cc1. The molecule has 168 valence electrons. The van der Waals surface area contributed by atoms with Crippen LogP contribution in [0, 0.1) is 19.7 Å². The second-order valence-corrected chi connectivity index (χ2v) is 9.12. The minimum absolute atomic E-state index is 0.118. The highest BCUT2D eigenvalue weighted by Gasteiger charge is 2.27. The zero-order chi connectivity index (χ0) is 23.3. The molecule has 0 spiro atoms. The van der Waals surface area contributed by atoms with Crippen molar-refractivity contribution >= 4 is 27.3 Å². The van der Waals surface area contributed by atoms with Crippen molar-refractivity contribution in [3.8, 4) is 5.75 Å². The molecule has 0 atom stereocenters. The summed E-state index contributed by atoms with van der Waals surface area (Å²) in [6, 6.07) is 16.5. The highest BCUT2D eigenvalue weighted by molar-refractivity contribution is 7.92. The summed E-state index contributed by atoms with van der Waals surface area (Å²) in [7, 11) is -4.14. The molecule has 0 radical (unpaired) electrons. The first-order valence-electron chi connectivity index (χ1n) is 10.1. The number of ether oxygens (including phenoxy) is 1. The number of sulfonamides is 1. The van der Waals surface area contributed by atoms with Crippen LogP contribution in [-0.4, -0.2) is 27.5 Å². The lowest BCUT2D eigenvalue weighted by Crippen LogP contribution is -2.38. The van der Waals surface area contributed by atoms with Crippen LogP contribution in [0.15, 0.2) is 71.6 Å². The molecule has 0 saturated heterocycles. The first-order valence-corrected chi connectivity index (χ1v) is 11.5. The maximum absolute atomic E-state index is 13.4. The summed E-state index contributed by atoms with van der Waals surface area (Å²) in [6.07, 6.45) is 0. The maximum Gasteiger partial charge on any atom is 0.264 e. The number of carbonyl (C=O) groups is 1. The van der Waals surface area contributed by atoms with Gasteiger partial charge >= 0.3 is 0 Å². The quantitative estimate of drug-likeness (QED) is 0.534. The molecular formula is C24H25FN2O4S. The second kappa shape index (κ2) is 9.82. The zero-order valence-corrected chi connectivity index (χ0v) is 18.9. The van der Waals surface area contributed by atoms with Crippen LogP contribution in [0.4, 0.5) is 15.8 Å². The molecule has 0 aliphatic heterocycles. The Morgan fingerprint density at radius 1 is 1.00 bits per heavy atom. The number of anilines is 2. The Bertz CT molecular complexity index is 1190. The number of carbonyl (C=O) groups excluding carboxylic acids is 1. The number of hydrogen-bond acceptors (Lipinski definition) is 4. The summed E-state index contributed by atoms with van der Waals surface area (Å²) in [4.78, 5) is 12.7. The number of aryl methyl sites for hydroxylation is 2. The van der Waals surface area contributed by atoms with Crippen LogP contribution in [0.25, 0.3) is 0 Å². The average Bonchev–Trinajstić information content (AvgIpc) is 2.76. The Balaban J connectivity index is 1.95. The topological polar surface area (TPSA) is 75.7 Å². The number of nitrogens with zero attached hydrogens (tertiary/aromatic N) is 1. The molecule has 0 aromatic heterocycles. The van der Waals surface area contributed by atoms with Crippen LogP contribution in [0.5, 0.6) is 5.75 Å². The second-order valence-electron chi connectivity index (χ2n) is 7.26. The summed E-state index contributed by atoms with van der Waals surface area (Å²) in [5, 5.41) is 2.79. The van der Waals surface area contributed by atoms with Crippen molar-refractivity contribution in [2.45, 2.75) is 25.7 Å². The van der Waals surface area contributed by atoms with Gasteiger partial charge < -0.3 is 10.1 Å². The number of rotatable bonds is 8. The van der Waals surface area contributed by atoms with Crippen molar-refractivity contribution in [1.29, 1.82) is 0 Å². The van der Waals surface area contributed by atoms with Gasteiger partial charge in [-0.3, -0.25) is 9.10 Å². The van der Waals surface area contributed by atoms with Crippen molar-refractivity contribution in [1.82, 2.24) is 0 Å². The van der Waals surface area contributed by atoms with E-state index in [1.54, 1.807) is 24.3 Å². The van der Waals surface area contributed by atoms with E-state index in [1.807, 2.05) is 39.0 Å². The summed E-state index contributed by atoms with van der Waals surface area (Å²) in [5.74, 6) is -0.474. The van der Waals surface area contributed by atoms with Gasteiger partial charge in [-0.2, -0.15) is 0 Å². The maximum atomic E-state index is 13.4. The fourth-order valence-electron chi connectivity index (χ4n) is 3.11. The lowest BCUT2D eigenvalue weighted by Gasteiger charge is -2.24. The van der Waals surface area contributed by atoms with Crippen molar-refractivity contribution in [2.75, 3.05) is 22.8 Å². The van der Waals surface area contributed by atoms with Crippen molar-refractivity contribution < 1.29 is 22.3 Å². The van der Waals surface area contributed by atoms with Gasteiger partial charge in [-0.05, 0) is 86.5 Å². The minimum atomic E-state index is -4.14.